The van der Waals surface area contributed by atoms with Gasteiger partial charge in [-0.2, -0.15) is 11.3 Å². The number of carbonyl (C=O) groups is 1. The number of allylic oxidation sites excluding steroid dienone is 2. The number of nitrogens with zero attached hydrogens (tertiary/aromatic N) is 1. The van der Waals surface area contributed by atoms with E-state index in [1.54, 1.807) is 11.3 Å². The smallest absolute Gasteiger partial charge is 0.233 e. The lowest BCUT2D eigenvalue weighted by Crippen LogP contribution is -2.26. The van der Waals surface area contributed by atoms with Crippen LogP contribution in [0.1, 0.15) is 42.0 Å². The Hall–Kier alpha value is -1.88. The summed E-state index contributed by atoms with van der Waals surface area (Å²) in [6.45, 7) is 1.93. The number of hydrogen-bond donors (Lipinski definition) is 1. The first-order valence-corrected chi connectivity index (χ1v) is 7.71. The molecule has 3 heterocycles. The van der Waals surface area contributed by atoms with Crippen LogP contribution in [-0.2, 0) is 4.79 Å². The quantitative estimate of drug-likeness (QED) is 0.870. The van der Waals surface area contributed by atoms with Crippen LogP contribution in [0.2, 0.25) is 0 Å². The van der Waals surface area contributed by atoms with Crippen LogP contribution in [0.5, 0.6) is 0 Å². The normalized spacial score (nSPS) is 21.4. The highest BCUT2D eigenvalue weighted by Gasteiger charge is 2.38. The number of ketones is 1. The molecule has 0 fully saturated rings. The van der Waals surface area contributed by atoms with Gasteiger partial charge >= 0.3 is 0 Å². The molecule has 1 aliphatic carbocycles. The van der Waals surface area contributed by atoms with Gasteiger partial charge in [-0.15, -0.1) is 0 Å². The minimum Gasteiger partial charge on any atom is -0.338 e. The summed E-state index contributed by atoms with van der Waals surface area (Å²) >= 11 is 1.65. The second-order valence-corrected chi connectivity index (χ2v) is 6.07. The number of thiophene rings is 1. The van der Waals surface area contributed by atoms with Gasteiger partial charge in [0, 0.05) is 23.6 Å². The summed E-state index contributed by atoms with van der Waals surface area (Å²) in [5.41, 5.74) is 4.95. The van der Waals surface area contributed by atoms with Crippen molar-refractivity contribution in [2.75, 3.05) is 5.32 Å². The summed E-state index contributed by atoms with van der Waals surface area (Å²) in [6, 6.07) is 2.09. The topological polar surface area (TPSA) is 55.1 Å². The van der Waals surface area contributed by atoms with E-state index >= 15 is 0 Å². The molecule has 5 heteroatoms. The van der Waals surface area contributed by atoms with E-state index in [-0.39, 0.29) is 11.7 Å². The fourth-order valence-corrected chi connectivity index (χ4v) is 3.88. The molecule has 0 bridgehead atoms. The van der Waals surface area contributed by atoms with Crippen LogP contribution < -0.4 is 5.32 Å². The molecule has 1 aliphatic heterocycles. The predicted octanol–water partition coefficient (Wildman–Crippen LogP) is 3.61. The molecular weight excluding hydrogens is 272 g/mol. The monoisotopic (exact) mass is 286 g/mol. The van der Waals surface area contributed by atoms with Crippen LogP contribution in [0.3, 0.4) is 0 Å². The van der Waals surface area contributed by atoms with Crippen LogP contribution in [0, 0.1) is 6.92 Å². The molecule has 1 N–H and O–H groups in total. The van der Waals surface area contributed by atoms with Gasteiger partial charge in [0.2, 0.25) is 5.88 Å². The van der Waals surface area contributed by atoms with Gasteiger partial charge in [-0.1, -0.05) is 5.16 Å². The SMILES string of the molecule is Cc1noc2c1[C@H](c1ccsc1)C1=C(CCCC1=O)N2. The average Bonchev–Trinajstić information content (AvgIpc) is 3.08. The fraction of sp³-hybridized carbons (Fsp3) is 0.333. The molecule has 0 amide bonds. The molecule has 0 saturated carbocycles. The zero-order valence-electron chi connectivity index (χ0n) is 11.1. The third kappa shape index (κ3) is 1.59. The summed E-state index contributed by atoms with van der Waals surface area (Å²) < 4.78 is 5.40. The summed E-state index contributed by atoms with van der Waals surface area (Å²) in [6.07, 6.45) is 2.45. The van der Waals surface area contributed by atoms with Crippen LogP contribution in [0.15, 0.2) is 32.6 Å². The van der Waals surface area contributed by atoms with Crippen molar-refractivity contribution in [3.8, 4) is 0 Å². The highest BCUT2D eigenvalue weighted by Crippen LogP contribution is 2.46. The standard InChI is InChI=1S/C15H14N2O2S/c1-8-12-13(9-5-6-20-7-9)14-10(3-2-4-11(14)18)16-15(12)19-17-8/h5-7,13,16H,2-4H2,1H3/t13-/m0/s1. The highest BCUT2D eigenvalue weighted by atomic mass is 32.1. The number of hydrogen-bond acceptors (Lipinski definition) is 5. The lowest BCUT2D eigenvalue weighted by atomic mass is 9.77. The van der Waals surface area contributed by atoms with Gasteiger partial charge in [-0.25, -0.2) is 0 Å². The zero-order chi connectivity index (χ0) is 13.7. The highest BCUT2D eigenvalue weighted by molar-refractivity contribution is 7.08. The van der Waals surface area contributed by atoms with Gasteiger partial charge in [0.25, 0.3) is 0 Å². The number of fused-ring (bicyclic) bond motifs is 1. The number of nitrogens with one attached hydrogen (secondary N) is 1. The van der Waals surface area contributed by atoms with Gasteiger partial charge in [0.1, 0.15) is 0 Å². The Morgan fingerprint density at radius 2 is 2.35 bits per heavy atom. The minimum absolute atomic E-state index is 0.0217. The van der Waals surface area contributed by atoms with Crippen LogP contribution in [0.25, 0.3) is 0 Å². The molecule has 4 nitrogen and oxygen atoms in total. The number of rotatable bonds is 1. The van der Waals surface area contributed by atoms with E-state index in [1.165, 1.54) is 0 Å². The molecule has 0 radical (unpaired) electrons. The molecule has 2 aromatic heterocycles. The number of Topliss-reactive ketones (excluding diaryl/α,β-unsaturated/α-hetero) is 1. The van der Waals surface area contributed by atoms with E-state index in [9.17, 15) is 4.79 Å². The molecule has 102 valence electrons. The lowest BCUT2D eigenvalue weighted by Gasteiger charge is -2.30. The molecule has 0 unspecified atom stereocenters. The van der Waals surface area contributed by atoms with E-state index < -0.39 is 0 Å². The zero-order valence-corrected chi connectivity index (χ0v) is 11.9. The summed E-state index contributed by atoms with van der Waals surface area (Å²) in [5, 5.41) is 11.5. The minimum atomic E-state index is -0.0217. The van der Waals surface area contributed by atoms with Crippen molar-refractivity contribution < 1.29 is 9.32 Å². The van der Waals surface area contributed by atoms with E-state index in [2.05, 4.69) is 21.9 Å². The van der Waals surface area contributed by atoms with Crippen molar-refractivity contribution in [3.63, 3.8) is 0 Å². The Kier molecular flexibility index (Phi) is 2.57. The molecule has 4 rings (SSSR count). The molecule has 0 spiro atoms. The van der Waals surface area contributed by atoms with Crippen molar-refractivity contribution in [1.29, 1.82) is 0 Å². The van der Waals surface area contributed by atoms with Gasteiger partial charge < -0.3 is 9.84 Å². The number of carbonyl (C=O) groups excluding carboxylic acids is 1. The Morgan fingerprint density at radius 3 is 3.15 bits per heavy atom. The van der Waals surface area contributed by atoms with Crippen LogP contribution >= 0.6 is 11.3 Å². The van der Waals surface area contributed by atoms with Crippen LogP contribution in [-0.4, -0.2) is 10.9 Å². The fourth-order valence-electron chi connectivity index (χ4n) is 3.19. The van der Waals surface area contributed by atoms with Crippen molar-refractivity contribution in [3.05, 3.63) is 44.9 Å². The first-order chi connectivity index (χ1) is 9.75. The van der Waals surface area contributed by atoms with Crippen molar-refractivity contribution >= 4 is 23.0 Å². The van der Waals surface area contributed by atoms with Crippen molar-refractivity contribution in [1.82, 2.24) is 5.16 Å². The molecule has 1 atom stereocenters. The number of aryl methyl sites for hydroxylation is 1. The first kappa shape index (κ1) is 11.9. The van der Waals surface area contributed by atoms with Crippen molar-refractivity contribution in [2.45, 2.75) is 32.1 Å². The van der Waals surface area contributed by atoms with Gasteiger partial charge in [-0.05, 0) is 42.2 Å². The van der Waals surface area contributed by atoms with Gasteiger partial charge in [0.15, 0.2) is 5.78 Å². The maximum atomic E-state index is 12.4. The van der Waals surface area contributed by atoms with Gasteiger partial charge in [-0.3, -0.25) is 4.79 Å². The Balaban J connectivity index is 1.96. The molecule has 0 aromatic carbocycles. The van der Waals surface area contributed by atoms with E-state index in [4.69, 9.17) is 4.52 Å². The Morgan fingerprint density at radius 1 is 1.45 bits per heavy atom. The summed E-state index contributed by atoms with van der Waals surface area (Å²) in [4.78, 5) is 12.4. The van der Waals surface area contributed by atoms with Crippen LogP contribution in [0.4, 0.5) is 5.88 Å². The lowest BCUT2D eigenvalue weighted by molar-refractivity contribution is -0.116. The molecular formula is C15H14N2O2S. The molecule has 20 heavy (non-hydrogen) atoms. The number of aromatic nitrogens is 1. The predicted molar refractivity (Wildman–Crippen MR) is 76.9 cm³/mol. The Bertz CT molecular complexity index is 712. The molecule has 2 aliphatic rings. The van der Waals surface area contributed by atoms with Crippen molar-refractivity contribution in [2.24, 2.45) is 0 Å². The maximum Gasteiger partial charge on any atom is 0.233 e. The Labute approximate surface area is 120 Å². The van der Waals surface area contributed by atoms with E-state index in [0.29, 0.717) is 12.3 Å². The third-order valence-corrected chi connectivity index (χ3v) is 4.78. The average molecular weight is 286 g/mol. The first-order valence-electron chi connectivity index (χ1n) is 6.77. The summed E-state index contributed by atoms with van der Waals surface area (Å²) in [5.74, 6) is 0.930. The van der Waals surface area contributed by atoms with E-state index in [1.807, 2.05) is 12.3 Å². The largest absolute Gasteiger partial charge is 0.338 e. The molecule has 0 saturated heterocycles. The molecule has 2 aromatic rings. The van der Waals surface area contributed by atoms with E-state index in [0.717, 1.165) is 40.9 Å². The third-order valence-electron chi connectivity index (χ3n) is 4.08. The van der Waals surface area contributed by atoms with Gasteiger partial charge in [0.05, 0.1) is 11.3 Å². The second-order valence-electron chi connectivity index (χ2n) is 5.29. The summed E-state index contributed by atoms with van der Waals surface area (Å²) in [7, 11) is 0. The maximum absolute atomic E-state index is 12.4. The number of anilines is 1. The second kappa shape index (κ2) is 4.31.